The van der Waals surface area contributed by atoms with Gasteiger partial charge in [-0.25, -0.2) is 9.59 Å². The Morgan fingerprint density at radius 1 is 1.10 bits per heavy atom. The molecule has 2 aliphatic rings. The van der Waals surface area contributed by atoms with Gasteiger partial charge in [0.2, 0.25) is 0 Å². The molecule has 1 fully saturated rings. The van der Waals surface area contributed by atoms with E-state index in [1.54, 1.807) is 43.0 Å². The predicted molar refractivity (Wildman–Crippen MR) is 153 cm³/mol. The van der Waals surface area contributed by atoms with Crippen LogP contribution in [0.4, 0.5) is 23.8 Å². The average molecular weight is 610 g/mol. The highest BCUT2D eigenvalue weighted by atomic mass is 35.5. The maximum absolute atomic E-state index is 14.2. The van der Waals surface area contributed by atoms with Crippen molar-refractivity contribution in [2.24, 2.45) is 0 Å². The van der Waals surface area contributed by atoms with Gasteiger partial charge >= 0.3 is 18.0 Å². The highest BCUT2D eigenvalue weighted by Gasteiger charge is 2.40. The van der Waals surface area contributed by atoms with Crippen LogP contribution in [0.5, 0.6) is 0 Å². The molecule has 0 radical (unpaired) electrons. The molecule has 5 rings (SSSR count). The summed E-state index contributed by atoms with van der Waals surface area (Å²) in [6.45, 7) is 9.76. The van der Waals surface area contributed by atoms with Crippen molar-refractivity contribution in [1.29, 1.82) is 0 Å². The van der Waals surface area contributed by atoms with Crippen LogP contribution in [0.2, 0.25) is 5.02 Å². The summed E-state index contributed by atoms with van der Waals surface area (Å²) in [6, 6.07) is 3.95. The molecular weight excluding hydrogens is 579 g/mol. The molecule has 3 atom stereocenters. The third-order valence-electron chi connectivity index (χ3n) is 7.28. The monoisotopic (exact) mass is 609 g/mol. The first-order valence-electron chi connectivity index (χ1n) is 13.3. The van der Waals surface area contributed by atoms with Crippen LogP contribution in [0.25, 0.3) is 10.9 Å². The second kappa shape index (κ2) is 10.7. The number of hydrogen-bond acceptors (Lipinski definition) is 7. The SMILES string of the molecule is C[C@@H]1CN(c2nc(=O)n3c4c(c(Cl)c(C(F)(F)F)cc24)SC[C@@H](c2ccncc2)C3)C[C@H](C)N1C(=O)OC(C)(C)C. The lowest BCUT2D eigenvalue weighted by atomic mass is 10.0. The standard InChI is InChI=1S/C28H31ClF3N5O3S/c1-15-11-35(12-16(2)37(15)26(39)40-27(3,4)5)24-19-10-20(28(30,31)32)21(29)23-22(19)36(25(38)34-24)13-18(14-41-23)17-6-8-33-9-7-17/h6-10,15-16,18H,11-14H2,1-5H3/t15-,16+,18-/m0/s1. The third kappa shape index (κ3) is 5.73. The van der Waals surface area contributed by atoms with Gasteiger partial charge in [0, 0.05) is 49.1 Å². The van der Waals surface area contributed by atoms with E-state index in [4.69, 9.17) is 16.3 Å². The van der Waals surface area contributed by atoms with Gasteiger partial charge in [0.15, 0.2) is 0 Å². The quantitative estimate of drug-likeness (QED) is 0.343. The molecule has 0 spiro atoms. The van der Waals surface area contributed by atoms with Crippen LogP contribution in [-0.2, 0) is 17.5 Å². The van der Waals surface area contributed by atoms with Crippen LogP contribution in [-0.4, -0.2) is 62.1 Å². The zero-order chi connectivity index (χ0) is 29.9. The van der Waals surface area contributed by atoms with Gasteiger partial charge in [0.25, 0.3) is 0 Å². The number of pyridine rings is 1. The summed E-state index contributed by atoms with van der Waals surface area (Å²) in [5, 5.41) is -0.225. The van der Waals surface area contributed by atoms with Crippen molar-refractivity contribution in [3.63, 3.8) is 0 Å². The van der Waals surface area contributed by atoms with Gasteiger partial charge < -0.3 is 9.64 Å². The van der Waals surface area contributed by atoms with Gasteiger partial charge in [-0.3, -0.25) is 14.5 Å². The Morgan fingerprint density at radius 3 is 2.32 bits per heavy atom. The lowest BCUT2D eigenvalue weighted by molar-refractivity contribution is -0.137. The molecule has 0 unspecified atom stereocenters. The fraction of sp³-hybridized carbons (Fsp3) is 0.500. The van der Waals surface area contributed by atoms with Gasteiger partial charge in [-0.15, -0.1) is 11.8 Å². The summed E-state index contributed by atoms with van der Waals surface area (Å²) in [7, 11) is 0. The fourth-order valence-electron chi connectivity index (χ4n) is 5.58. The minimum atomic E-state index is -4.71. The van der Waals surface area contributed by atoms with Crippen LogP contribution in [0, 0.1) is 0 Å². The maximum Gasteiger partial charge on any atom is 0.417 e. The number of anilines is 1. The number of ether oxygens (including phenoxy) is 1. The highest BCUT2D eigenvalue weighted by molar-refractivity contribution is 7.99. The summed E-state index contributed by atoms with van der Waals surface area (Å²) in [4.78, 5) is 38.5. The molecule has 1 aromatic carbocycles. The second-order valence-corrected chi connectivity index (χ2v) is 13.0. The van der Waals surface area contributed by atoms with Crippen LogP contribution >= 0.6 is 23.4 Å². The van der Waals surface area contributed by atoms with E-state index in [1.807, 2.05) is 26.0 Å². The third-order valence-corrected chi connectivity index (χ3v) is 9.04. The molecule has 1 amide bonds. The number of carbonyl (C=O) groups excluding carboxylic acids is 1. The molecule has 13 heteroatoms. The van der Waals surface area contributed by atoms with Crippen molar-refractivity contribution in [2.45, 2.75) is 75.8 Å². The zero-order valence-corrected chi connectivity index (χ0v) is 24.9. The van der Waals surface area contributed by atoms with Gasteiger partial charge in [0.05, 0.1) is 33.1 Å². The second-order valence-electron chi connectivity index (χ2n) is 11.6. The molecule has 0 N–H and O–H groups in total. The molecule has 4 heterocycles. The molecule has 0 aliphatic carbocycles. The fourth-order valence-corrected chi connectivity index (χ4v) is 7.26. The van der Waals surface area contributed by atoms with Crippen molar-refractivity contribution in [3.05, 3.63) is 57.2 Å². The van der Waals surface area contributed by atoms with Crippen LogP contribution in [0.3, 0.4) is 0 Å². The molecule has 41 heavy (non-hydrogen) atoms. The van der Waals surface area contributed by atoms with Crippen molar-refractivity contribution in [1.82, 2.24) is 19.4 Å². The first kappa shape index (κ1) is 29.5. The molecule has 2 aromatic heterocycles. The maximum atomic E-state index is 14.2. The van der Waals surface area contributed by atoms with Crippen LogP contribution in [0.15, 0.2) is 40.3 Å². The summed E-state index contributed by atoms with van der Waals surface area (Å²) < 4.78 is 49.8. The molecular formula is C28H31ClF3N5O3S. The lowest BCUT2D eigenvalue weighted by Gasteiger charge is -2.45. The number of alkyl halides is 3. The summed E-state index contributed by atoms with van der Waals surface area (Å²) >= 11 is 7.64. The number of hydrogen-bond donors (Lipinski definition) is 0. The molecule has 0 saturated carbocycles. The van der Waals surface area contributed by atoms with Gasteiger partial charge in [-0.05, 0) is 58.4 Å². The van der Waals surface area contributed by atoms with E-state index in [1.165, 1.54) is 16.3 Å². The van der Waals surface area contributed by atoms with Crippen molar-refractivity contribution >= 4 is 46.2 Å². The molecule has 2 aliphatic heterocycles. The molecule has 220 valence electrons. The van der Waals surface area contributed by atoms with E-state index in [2.05, 4.69) is 9.97 Å². The molecule has 3 aromatic rings. The summed E-state index contributed by atoms with van der Waals surface area (Å²) in [5.41, 5.74) is -0.969. The number of nitrogens with zero attached hydrogens (tertiary/aromatic N) is 5. The van der Waals surface area contributed by atoms with E-state index in [-0.39, 0.29) is 53.7 Å². The largest absolute Gasteiger partial charge is 0.444 e. The molecule has 8 nitrogen and oxygen atoms in total. The minimum absolute atomic E-state index is 0.148. The smallest absolute Gasteiger partial charge is 0.417 e. The Labute approximate surface area is 244 Å². The highest BCUT2D eigenvalue weighted by Crippen LogP contribution is 2.47. The van der Waals surface area contributed by atoms with E-state index in [0.29, 0.717) is 11.3 Å². The summed E-state index contributed by atoms with van der Waals surface area (Å²) in [6.07, 6.45) is -1.89. The van der Waals surface area contributed by atoms with Gasteiger partial charge in [-0.1, -0.05) is 11.6 Å². The number of aromatic nitrogens is 3. The van der Waals surface area contributed by atoms with E-state index in [9.17, 15) is 22.8 Å². The number of rotatable bonds is 2. The first-order chi connectivity index (χ1) is 19.2. The summed E-state index contributed by atoms with van der Waals surface area (Å²) in [5.74, 6) is 0.390. The van der Waals surface area contributed by atoms with Crippen molar-refractivity contribution in [3.8, 4) is 0 Å². The Bertz CT molecular complexity index is 1530. The minimum Gasteiger partial charge on any atom is -0.444 e. The zero-order valence-electron chi connectivity index (χ0n) is 23.3. The molecule has 0 bridgehead atoms. The normalized spacial score (nSPS) is 21.6. The van der Waals surface area contributed by atoms with E-state index in [0.717, 1.165) is 11.6 Å². The van der Waals surface area contributed by atoms with E-state index >= 15 is 0 Å². The Morgan fingerprint density at radius 2 is 1.73 bits per heavy atom. The number of benzene rings is 1. The number of halogens is 4. The van der Waals surface area contributed by atoms with Crippen LogP contribution < -0.4 is 10.6 Å². The van der Waals surface area contributed by atoms with Crippen molar-refractivity contribution in [2.75, 3.05) is 23.7 Å². The topological polar surface area (TPSA) is 80.6 Å². The predicted octanol–water partition coefficient (Wildman–Crippen LogP) is 6.19. The van der Waals surface area contributed by atoms with Crippen molar-refractivity contribution < 1.29 is 22.7 Å². The van der Waals surface area contributed by atoms with Crippen LogP contribution in [0.1, 0.15) is 51.7 Å². The molecule has 1 saturated heterocycles. The average Bonchev–Trinajstić information content (AvgIpc) is 3.07. The Balaban J connectivity index is 1.63. The Hall–Kier alpha value is -2.99. The first-order valence-corrected chi connectivity index (χ1v) is 14.6. The number of amides is 1. The Kier molecular flexibility index (Phi) is 7.69. The van der Waals surface area contributed by atoms with Gasteiger partial charge in [-0.2, -0.15) is 18.2 Å². The lowest BCUT2D eigenvalue weighted by Crippen LogP contribution is -2.59. The number of piperazine rings is 1. The van der Waals surface area contributed by atoms with Gasteiger partial charge in [0.1, 0.15) is 11.4 Å². The number of thioether (sulfide) groups is 1. The number of carbonyl (C=O) groups is 1. The van der Waals surface area contributed by atoms with E-state index < -0.39 is 34.1 Å².